The minimum Gasteiger partial charge on any atom is -0.395 e. The van der Waals surface area contributed by atoms with Crippen LogP contribution in [0.15, 0.2) is 15.9 Å². The lowest BCUT2D eigenvalue weighted by Crippen LogP contribution is -2.47. The highest BCUT2D eigenvalue weighted by Gasteiger charge is 2.31. The van der Waals surface area contributed by atoms with Gasteiger partial charge in [0, 0.05) is 23.5 Å². The van der Waals surface area contributed by atoms with Gasteiger partial charge in [0.1, 0.15) is 0 Å². The van der Waals surface area contributed by atoms with Crippen molar-refractivity contribution in [1.29, 1.82) is 0 Å². The van der Waals surface area contributed by atoms with Crippen LogP contribution in [-0.4, -0.2) is 35.2 Å². The first-order chi connectivity index (χ1) is 9.63. The molecule has 0 aliphatic heterocycles. The molecule has 1 aromatic heterocycles. The van der Waals surface area contributed by atoms with Crippen molar-refractivity contribution in [3.8, 4) is 0 Å². The standard InChI is InChI=1S/C15H25BrN2OS/c1-11(17)15(13-7-8-14(16)20-13)18(9-10-19)12-5-3-2-4-6-12/h7-8,11-12,15,19H,2-6,9-10,17H2,1H3. The molecule has 1 heterocycles. The summed E-state index contributed by atoms with van der Waals surface area (Å²) in [4.78, 5) is 3.74. The average molecular weight is 361 g/mol. The summed E-state index contributed by atoms with van der Waals surface area (Å²) in [5.41, 5.74) is 6.28. The molecule has 20 heavy (non-hydrogen) atoms. The number of halogens is 1. The molecule has 3 nitrogen and oxygen atoms in total. The van der Waals surface area contributed by atoms with Crippen LogP contribution < -0.4 is 5.73 Å². The van der Waals surface area contributed by atoms with E-state index in [-0.39, 0.29) is 18.7 Å². The predicted molar refractivity (Wildman–Crippen MR) is 89.1 cm³/mol. The molecule has 1 saturated carbocycles. The van der Waals surface area contributed by atoms with E-state index in [0.29, 0.717) is 12.6 Å². The minimum absolute atomic E-state index is 0.0639. The van der Waals surface area contributed by atoms with Gasteiger partial charge in [-0.2, -0.15) is 0 Å². The van der Waals surface area contributed by atoms with Crippen molar-refractivity contribution in [2.75, 3.05) is 13.2 Å². The van der Waals surface area contributed by atoms with Gasteiger partial charge in [0.2, 0.25) is 0 Å². The van der Waals surface area contributed by atoms with Gasteiger partial charge in [0.15, 0.2) is 0 Å². The molecule has 2 atom stereocenters. The number of rotatable bonds is 6. The quantitative estimate of drug-likeness (QED) is 0.815. The zero-order chi connectivity index (χ0) is 14.5. The number of hydrogen-bond donors (Lipinski definition) is 2. The van der Waals surface area contributed by atoms with Gasteiger partial charge in [0.25, 0.3) is 0 Å². The summed E-state index contributed by atoms with van der Waals surface area (Å²) in [6, 6.07) is 5.09. The predicted octanol–water partition coefficient (Wildman–Crippen LogP) is 3.53. The highest BCUT2D eigenvalue weighted by molar-refractivity contribution is 9.11. The fourth-order valence-corrected chi connectivity index (χ4v) is 4.95. The Labute approximate surface area is 134 Å². The van der Waals surface area contributed by atoms with E-state index in [1.165, 1.54) is 37.0 Å². The molecule has 0 saturated heterocycles. The summed E-state index contributed by atoms with van der Waals surface area (Å²) >= 11 is 5.30. The monoisotopic (exact) mass is 360 g/mol. The maximum Gasteiger partial charge on any atom is 0.0702 e. The number of hydrogen-bond acceptors (Lipinski definition) is 4. The van der Waals surface area contributed by atoms with Gasteiger partial charge in [-0.25, -0.2) is 0 Å². The first-order valence-electron chi connectivity index (χ1n) is 7.51. The number of aliphatic hydroxyl groups excluding tert-OH is 1. The molecule has 5 heteroatoms. The van der Waals surface area contributed by atoms with E-state index in [4.69, 9.17) is 5.73 Å². The maximum atomic E-state index is 9.46. The number of nitrogens with zero attached hydrogens (tertiary/aromatic N) is 1. The normalized spacial score (nSPS) is 20.2. The zero-order valence-electron chi connectivity index (χ0n) is 12.1. The molecule has 0 bridgehead atoms. The van der Waals surface area contributed by atoms with E-state index in [1.807, 2.05) is 0 Å². The van der Waals surface area contributed by atoms with Crippen LogP contribution in [0, 0.1) is 0 Å². The third-order valence-electron chi connectivity index (χ3n) is 4.14. The zero-order valence-corrected chi connectivity index (χ0v) is 14.5. The second-order valence-corrected chi connectivity index (χ2v) is 8.19. The van der Waals surface area contributed by atoms with Crippen LogP contribution in [0.4, 0.5) is 0 Å². The van der Waals surface area contributed by atoms with Crippen LogP contribution in [0.2, 0.25) is 0 Å². The van der Waals surface area contributed by atoms with E-state index in [9.17, 15) is 5.11 Å². The first-order valence-corrected chi connectivity index (χ1v) is 9.12. The molecule has 0 aromatic carbocycles. The fraction of sp³-hybridized carbons (Fsp3) is 0.733. The Balaban J connectivity index is 2.22. The summed E-state index contributed by atoms with van der Waals surface area (Å²) in [6.45, 7) is 2.99. The van der Waals surface area contributed by atoms with E-state index in [1.54, 1.807) is 11.3 Å². The molecule has 1 aliphatic rings. The second-order valence-electron chi connectivity index (χ2n) is 5.70. The van der Waals surface area contributed by atoms with E-state index in [0.717, 1.165) is 3.79 Å². The topological polar surface area (TPSA) is 49.5 Å². The molecule has 3 N–H and O–H groups in total. The van der Waals surface area contributed by atoms with Crippen LogP contribution in [0.3, 0.4) is 0 Å². The van der Waals surface area contributed by atoms with Crippen LogP contribution in [0.1, 0.15) is 49.9 Å². The summed E-state index contributed by atoms with van der Waals surface area (Å²) in [6.07, 6.45) is 6.40. The van der Waals surface area contributed by atoms with Crippen LogP contribution in [-0.2, 0) is 0 Å². The Bertz CT molecular complexity index is 404. The number of nitrogens with two attached hydrogens (primary N) is 1. The highest BCUT2D eigenvalue weighted by Crippen LogP contribution is 2.36. The number of thiophene rings is 1. The van der Waals surface area contributed by atoms with Gasteiger partial charge < -0.3 is 10.8 Å². The molecule has 114 valence electrons. The van der Waals surface area contributed by atoms with Crippen molar-refractivity contribution < 1.29 is 5.11 Å². The lowest BCUT2D eigenvalue weighted by atomic mass is 9.92. The summed E-state index contributed by atoms with van der Waals surface area (Å²) in [5, 5.41) is 9.46. The Hall–Kier alpha value is 0.0600. The SMILES string of the molecule is CC(N)C(c1ccc(Br)s1)N(CCO)C1CCCCC1. The van der Waals surface area contributed by atoms with Crippen LogP contribution >= 0.6 is 27.3 Å². The fourth-order valence-electron chi connectivity index (χ4n) is 3.29. The van der Waals surface area contributed by atoms with E-state index >= 15 is 0 Å². The minimum atomic E-state index is 0.0639. The van der Waals surface area contributed by atoms with Crippen molar-refractivity contribution in [2.24, 2.45) is 5.73 Å². The molecule has 1 aromatic rings. The Kier molecular flexibility index (Phi) is 6.49. The van der Waals surface area contributed by atoms with Gasteiger partial charge in [-0.05, 0) is 47.8 Å². The second kappa shape index (κ2) is 7.90. The lowest BCUT2D eigenvalue weighted by molar-refractivity contribution is 0.0715. The maximum absolute atomic E-state index is 9.46. The third kappa shape index (κ3) is 4.04. The first kappa shape index (κ1) is 16.4. The van der Waals surface area contributed by atoms with Crippen molar-refractivity contribution in [1.82, 2.24) is 4.90 Å². The van der Waals surface area contributed by atoms with Crippen molar-refractivity contribution >= 4 is 27.3 Å². The van der Waals surface area contributed by atoms with Crippen LogP contribution in [0.25, 0.3) is 0 Å². The summed E-state index contributed by atoms with van der Waals surface area (Å²) in [5.74, 6) is 0. The van der Waals surface area contributed by atoms with Gasteiger partial charge in [0.05, 0.1) is 16.4 Å². The largest absolute Gasteiger partial charge is 0.395 e. The lowest BCUT2D eigenvalue weighted by Gasteiger charge is -2.41. The molecule has 0 amide bonds. The third-order valence-corrected chi connectivity index (χ3v) is 5.84. The Morgan fingerprint density at radius 2 is 2.10 bits per heavy atom. The average Bonchev–Trinajstić information content (AvgIpc) is 2.85. The van der Waals surface area contributed by atoms with E-state index < -0.39 is 0 Å². The van der Waals surface area contributed by atoms with Crippen LogP contribution in [0.5, 0.6) is 0 Å². The molecular formula is C15H25BrN2OS. The molecule has 0 spiro atoms. The van der Waals surface area contributed by atoms with E-state index in [2.05, 4.69) is 39.9 Å². The Morgan fingerprint density at radius 3 is 2.60 bits per heavy atom. The van der Waals surface area contributed by atoms with Gasteiger partial charge in [-0.15, -0.1) is 11.3 Å². The molecule has 1 aliphatic carbocycles. The molecule has 0 radical (unpaired) electrons. The highest BCUT2D eigenvalue weighted by atomic mass is 79.9. The molecular weight excluding hydrogens is 336 g/mol. The summed E-state index contributed by atoms with van der Waals surface area (Å²) < 4.78 is 1.14. The number of aliphatic hydroxyl groups is 1. The van der Waals surface area contributed by atoms with Crippen molar-refractivity contribution in [2.45, 2.75) is 57.2 Å². The molecule has 2 unspecified atom stereocenters. The Morgan fingerprint density at radius 1 is 1.40 bits per heavy atom. The summed E-state index contributed by atoms with van der Waals surface area (Å²) in [7, 11) is 0. The van der Waals surface area contributed by atoms with Gasteiger partial charge >= 0.3 is 0 Å². The van der Waals surface area contributed by atoms with Crippen molar-refractivity contribution in [3.05, 3.63) is 20.8 Å². The smallest absolute Gasteiger partial charge is 0.0702 e. The van der Waals surface area contributed by atoms with Gasteiger partial charge in [-0.3, -0.25) is 4.90 Å². The van der Waals surface area contributed by atoms with Crippen molar-refractivity contribution in [3.63, 3.8) is 0 Å². The van der Waals surface area contributed by atoms with Gasteiger partial charge in [-0.1, -0.05) is 19.3 Å². The molecule has 1 fully saturated rings. The molecule has 2 rings (SSSR count).